The molecule has 0 unspecified atom stereocenters. The number of esters is 2. The molecule has 0 aliphatic heterocycles. The van der Waals surface area contributed by atoms with Crippen molar-refractivity contribution in [1.29, 1.82) is 0 Å². The van der Waals surface area contributed by atoms with Gasteiger partial charge in [0, 0.05) is 0 Å². The molecule has 0 spiro atoms. The SMILES string of the molecule is CCCCCCOC(=O)c1ccc(C(=O)Oc2ccc(C(C)C)cc2)cc1. The fourth-order valence-electron chi connectivity index (χ4n) is 2.61. The lowest BCUT2D eigenvalue weighted by molar-refractivity contribution is 0.0497. The van der Waals surface area contributed by atoms with Gasteiger partial charge in [0.25, 0.3) is 0 Å². The Labute approximate surface area is 161 Å². The van der Waals surface area contributed by atoms with Gasteiger partial charge in [0.15, 0.2) is 0 Å². The largest absolute Gasteiger partial charge is 0.462 e. The first-order valence-corrected chi connectivity index (χ1v) is 9.60. The zero-order valence-corrected chi connectivity index (χ0v) is 16.4. The fraction of sp³-hybridized carbons (Fsp3) is 0.391. The molecule has 2 aromatic carbocycles. The van der Waals surface area contributed by atoms with E-state index in [-0.39, 0.29) is 5.97 Å². The Balaban J connectivity index is 1.88. The molecule has 0 aliphatic rings. The highest BCUT2D eigenvalue weighted by Gasteiger charge is 2.12. The van der Waals surface area contributed by atoms with E-state index in [0.717, 1.165) is 25.7 Å². The molecule has 0 radical (unpaired) electrons. The molecule has 0 saturated heterocycles. The number of benzene rings is 2. The van der Waals surface area contributed by atoms with Crippen molar-refractivity contribution in [3.05, 3.63) is 65.2 Å². The normalized spacial score (nSPS) is 10.7. The third kappa shape index (κ3) is 6.55. The van der Waals surface area contributed by atoms with Crippen LogP contribution in [0.4, 0.5) is 0 Å². The number of hydrogen-bond donors (Lipinski definition) is 0. The van der Waals surface area contributed by atoms with E-state index in [9.17, 15) is 9.59 Å². The monoisotopic (exact) mass is 368 g/mol. The van der Waals surface area contributed by atoms with E-state index in [1.807, 2.05) is 12.1 Å². The van der Waals surface area contributed by atoms with Gasteiger partial charge in [-0.25, -0.2) is 9.59 Å². The summed E-state index contributed by atoms with van der Waals surface area (Å²) in [5.41, 5.74) is 2.01. The number of hydrogen-bond acceptors (Lipinski definition) is 4. The molecule has 4 heteroatoms. The van der Waals surface area contributed by atoms with Crippen LogP contribution in [0.5, 0.6) is 5.75 Å². The molecule has 0 bridgehead atoms. The molecule has 2 rings (SSSR count). The van der Waals surface area contributed by atoms with Crippen molar-refractivity contribution >= 4 is 11.9 Å². The van der Waals surface area contributed by atoms with Gasteiger partial charge in [-0.3, -0.25) is 0 Å². The van der Waals surface area contributed by atoms with E-state index in [1.165, 1.54) is 5.56 Å². The summed E-state index contributed by atoms with van der Waals surface area (Å²) in [6, 6.07) is 13.8. The van der Waals surface area contributed by atoms with Crippen molar-refractivity contribution in [1.82, 2.24) is 0 Å². The molecule has 144 valence electrons. The van der Waals surface area contributed by atoms with Crippen molar-refractivity contribution in [2.75, 3.05) is 6.61 Å². The molecule has 0 amide bonds. The molecule has 0 N–H and O–H groups in total. The van der Waals surface area contributed by atoms with Gasteiger partial charge in [-0.1, -0.05) is 52.2 Å². The third-order valence-electron chi connectivity index (χ3n) is 4.34. The third-order valence-corrected chi connectivity index (χ3v) is 4.34. The maximum absolute atomic E-state index is 12.2. The lowest BCUT2D eigenvalue weighted by atomic mass is 10.0. The summed E-state index contributed by atoms with van der Waals surface area (Å²) >= 11 is 0. The number of ether oxygens (including phenoxy) is 2. The summed E-state index contributed by atoms with van der Waals surface area (Å²) in [5, 5.41) is 0. The van der Waals surface area contributed by atoms with Crippen LogP contribution in [-0.4, -0.2) is 18.5 Å². The molecule has 4 nitrogen and oxygen atoms in total. The standard InChI is InChI=1S/C23H28O4/c1-4-5-6-7-16-26-22(24)19-8-10-20(11-9-19)23(25)27-21-14-12-18(13-15-21)17(2)3/h8-15,17H,4-7,16H2,1-3H3. The van der Waals surface area contributed by atoms with Gasteiger partial charge < -0.3 is 9.47 Å². The van der Waals surface area contributed by atoms with Crippen LogP contribution in [0.25, 0.3) is 0 Å². The summed E-state index contributed by atoms with van der Waals surface area (Å²) in [4.78, 5) is 24.2. The molecule has 2 aromatic rings. The predicted molar refractivity (Wildman–Crippen MR) is 106 cm³/mol. The zero-order valence-electron chi connectivity index (χ0n) is 16.4. The average molecular weight is 368 g/mol. The molecule has 0 aliphatic carbocycles. The van der Waals surface area contributed by atoms with Crippen molar-refractivity contribution in [2.45, 2.75) is 52.4 Å². The molecule has 27 heavy (non-hydrogen) atoms. The second kappa shape index (κ2) is 10.5. The Morgan fingerprint density at radius 2 is 1.41 bits per heavy atom. The van der Waals surface area contributed by atoms with Crippen LogP contribution in [0.1, 0.15) is 78.7 Å². The van der Waals surface area contributed by atoms with Crippen LogP contribution >= 0.6 is 0 Å². The quantitative estimate of drug-likeness (QED) is 0.320. The van der Waals surface area contributed by atoms with Gasteiger partial charge in [-0.2, -0.15) is 0 Å². The molecule has 0 aromatic heterocycles. The highest BCUT2D eigenvalue weighted by molar-refractivity contribution is 5.94. The van der Waals surface area contributed by atoms with E-state index in [2.05, 4.69) is 20.8 Å². The Kier molecular flexibility index (Phi) is 8.05. The molecule has 0 atom stereocenters. The van der Waals surface area contributed by atoms with Crippen molar-refractivity contribution in [3.63, 3.8) is 0 Å². The topological polar surface area (TPSA) is 52.6 Å². The molecule has 0 saturated carbocycles. The van der Waals surface area contributed by atoms with Gasteiger partial charge in [0.05, 0.1) is 17.7 Å². The summed E-state index contributed by atoms with van der Waals surface area (Å²) < 4.78 is 10.6. The maximum atomic E-state index is 12.2. The van der Waals surface area contributed by atoms with Crippen LogP contribution in [0.15, 0.2) is 48.5 Å². The van der Waals surface area contributed by atoms with E-state index in [1.54, 1.807) is 36.4 Å². The first-order valence-electron chi connectivity index (χ1n) is 9.60. The van der Waals surface area contributed by atoms with Crippen LogP contribution in [-0.2, 0) is 4.74 Å². The Morgan fingerprint density at radius 1 is 0.815 bits per heavy atom. The van der Waals surface area contributed by atoms with E-state index in [4.69, 9.17) is 9.47 Å². The van der Waals surface area contributed by atoms with E-state index in [0.29, 0.717) is 29.4 Å². The smallest absolute Gasteiger partial charge is 0.343 e. The minimum atomic E-state index is -0.452. The van der Waals surface area contributed by atoms with E-state index < -0.39 is 5.97 Å². The average Bonchev–Trinajstić information content (AvgIpc) is 2.68. The summed E-state index contributed by atoms with van der Waals surface area (Å²) in [6.45, 7) is 6.78. The highest BCUT2D eigenvalue weighted by atomic mass is 16.5. The van der Waals surface area contributed by atoms with Crippen LogP contribution < -0.4 is 4.74 Å². The lowest BCUT2D eigenvalue weighted by Gasteiger charge is -2.08. The molecule has 0 heterocycles. The van der Waals surface area contributed by atoms with Crippen LogP contribution in [0, 0.1) is 0 Å². The minimum Gasteiger partial charge on any atom is -0.462 e. The number of carbonyl (C=O) groups excluding carboxylic acids is 2. The maximum Gasteiger partial charge on any atom is 0.343 e. The first kappa shape index (κ1) is 20.7. The summed E-state index contributed by atoms with van der Waals surface area (Å²) in [5.74, 6) is 0.108. The number of unbranched alkanes of at least 4 members (excludes halogenated alkanes) is 3. The Hall–Kier alpha value is -2.62. The zero-order chi connectivity index (χ0) is 19.6. The van der Waals surface area contributed by atoms with Gasteiger partial charge in [0.2, 0.25) is 0 Å². The highest BCUT2D eigenvalue weighted by Crippen LogP contribution is 2.19. The van der Waals surface area contributed by atoms with Crippen LogP contribution in [0.3, 0.4) is 0 Å². The number of rotatable bonds is 9. The molecule has 0 fully saturated rings. The number of carbonyl (C=O) groups is 2. The second-order valence-electron chi connectivity index (χ2n) is 6.89. The van der Waals surface area contributed by atoms with Gasteiger partial charge in [-0.05, 0) is 54.3 Å². The van der Waals surface area contributed by atoms with Gasteiger partial charge in [-0.15, -0.1) is 0 Å². The van der Waals surface area contributed by atoms with Gasteiger partial charge in [0.1, 0.15) is 5.75 Å². The van der Waals surface area contributed by atoms with Gasteiger partial charge >= 0.3 is 11.9 Å². The van der Waals surface area contributed by atoms with Crippen molar-refractivity contribution in [3.8, 4) is 5.75 Å². The van der Waals surface area contributed by atoms with Crippen molar-refractivity contribution < 1.29 is 19.1 Å². The Morgan fingerprint density at radius 3 is 1.96 bits per heavy atom. The van der Waals surface area contributed by atoms with Crippen molar-refractivity contribution in [2.24, 2.45) is 0 Å². The lowest BCUT2D eigenvalue weighted by Crippen LogP contribution is -2.10. The summed E-state index contributed by atoms with van der Waals surface area (Å²) in [6.07, 6.45) is 4.23. The molecular weight excluding hydrogens is 340 g/mol. The second-order valence-corrected chi connectivity index (χ2v) is 6.89. The van der Waals surface area contributed by atoms with Crippen LogP contribution in [0.2, 0.25) is 0 Å². The first-order chi connectivity index (χ1) is 13.0. The van der Waals surface area contributed by atoms with E-state index >= 15 is 0 Å². The molecular formula is C23H28O4. The Bertz CT molecular complexity index is 730. The predicted octanol–water partition coefficient (Wildman–Crippen LogP) is 5.77. The summed E-state index contributed by atoms with van der Waals surface area (Å²) in [7, 11) is 0. The minimum absolute atomic E-state index is 0.365. The fourth-order valence-corrected chi connectivity index (χ4v) is 2.61.